The van der Waals surface area contributed by atoms with Crippen molar-refractivity contribution < 1.29 is 9.59 Å². The van der Waals surface area contributed by atoms with Crippen LogP contribution in [0.5, 0.6) is 0 Å². The van der Waals surface area contributed by atoms with Crippen molar-refractivity contribution in [3.05, 3.63) is 37.4 Å². The zero-order valence-electron chi connectivity index (χ0n) is 11.9. The summed E-state index contributed by atoms with van der Waals surface area (Å²) in [5.41, 5.74) is 7.03. The lowest BCUT2D eigenvalue weighted by Crippen LogP contribution is -2.19. The number of amides is 2. The van der Waals surface area contributed by atoms with Crippen LogP contribution in [0, 0.1) is 5.92 Å². The number of anilines is 1. The molecule has 2 aromatic rings. The SMILES string of the molecule is C[C@@H]1CCc2sc(NC(=O)c3ccc(Cl)s3)c(C(N)=O)c2C1. The molecule has 2 heterocycles. The van der Waals surface area contributed by atoms with Crippen molar-refractivity contribution in [2.75, 3.05) is 5.32 Å². The van der Waals surface area contributed by atoms with Gasteiger partial charge in [0.25, 0.3) is 11.8 Å². The van der Waals surface area contributed by atoms with Crippen molar-refractivity contribution in [3.63, 3.8) is 0 Å². The molecule has 0 saturated carbocycles. The van der Waals surface area contributed by atoms with E-state index in [9.17, 15) is 9.59 Å². The van der Waals surface area contributed by atoms with Gasteiger partial charge in [-0.3, -0.25) is 9.59 Å². The van der Waals surface area contributed by atoms with E-state index in [2.05, 4.69) is 12.2 Å². The van der Waals surface area contributed by atoms with Gasteiger partial charge in [0.15, 0.2) is 0 Å². The van der Waals surface area contributed by atoms with Crippen LogP contribution in [0.1, 0.15) is 43.8 Å². The van der Waals surface area contributed by atoms with Gasteiger partial charge < -0.3 is 11.1 Å². The number of nitrogens with two attached hydrogens (primary N) is 1. The average molecular weight is 355 g/mol. The highest BCUT2D eigenvalue weighted by Crippen LogP contribution is 2.39. The van der Waals surface area contributed by atoms with Gasteiger partial charge in [-0.25, -0.2) is 0 Å². The largest absolute Gasteiger partial charge is 0.365 e. The first kappa shape index (κ1) is 15.5. The van der Waals surface area contributed by atoms with Gasteiger partial charge in [0.2, 0.25) is 0 Å². The number of rotatable bonds is 3. The number of primary amides is 1. The minimum atomic E-state index is -0.480. The Labute approximate surface area is 141 Å². The molecule has 3 N–H and O–H groups in total. The molecule has 3 rings (SSSR count). The summed E-state index contributed by atoms with van der Waals surface area (Å²) in [6.45, 7) is 2.16. The normalized spacial score (nSPS) is 17.1. The number of fused-ring (bicyclic) bond motifs is 1. The minimum Gasteiger partial charge on any atom is -0.365 e. The van der Waals surface area contributed by atoms with Gasteiger partial charge in [0.1, 0.15) is 5.00 Å². The van der Waals surface area contributed by atoms with Crippen molar-refractivity contribution >= 4 is 51.1 Å². The summed E-state index contributed by atoms with van der Waals surface area (Å²) < 4.78 is 0.555. The highest BCUT2D eigenvalue weighted by atomic mass is 35.5. The summed E-state index contributed by atoms with van der Waals surface area (Å²) in [5.74, 6) is -0.211. The molecule has 0 aromatic carbocycles. The van der Waals surface area contributed by atoms with Gasteiger partial charge in [0.05, 0.1) is 14.8 Å². The first-order valence-corrected chi connectivity index (χ1v) is 8.97. The van der Waals surface area contributed by atoms with E-state index in [0.717, 1.165) is 29.7 Å². The Morgan fingerprint density at radius 2 is 2.14 bits per heavy atom. The van der Waals surface area contributed by atoms with Gasteiger partial charge in [-0.15, -0.1) is 22.7 Å². The zero-order chi connectivity index (χ0) is 15.9. The monoisotopic (exact) mass is 354 g/mol. The third kappa shape index (κ3) is 2.91. The van der Waals surface area contributed by atoms with Crippen molar-refractivity contribution in [2.45, 2.75) is 26.2 Å². The molecule has 2 amide bonds. The molecule has 7 heteroatoms. The molecule has 0 fully saturated rings. The topological polar surface area (TPSA) is 72.2 Å². The summed E-state index contributed by atoms with van der Waals surface area (Å²) >= 11 is 8.52. The number of carbonyl (C=O) groups excluding carboxylic acids is 2. The lowest BCUT2D eigenvalue weighted by atomic mass is 9.87. The Hall–Kier alpha value is -1.37. The molecule has 0 unspecified atom stereocenters. The molecule has 0 saturated heterocycles. The molecular formula is C15H15ClN2O2S2. The first-order valence-electron chi connectivity index (χ1n) is 6.96. The van der Waals surface area contributed by atoms with E-state index >= 15 is 0 Å². The highest BCUT2D eigenvalue weighted by molar-refractivity contribution is 7.18. The molecular weight excluding hydrogens is 340 g/mol. The molecule has 4 nitrogen and oxygen atoms in total. The van der Waals surface area contributed by atoms with Crippen LogP contribution in [-0.4, -0.2) is 11.8 Å². The van der Waals surface area contributed by atoms with Crippen LogP contribution in [0.3, 0.4) is 0 Å². The number of carbonyl (C=O) groups is 2. The minimum absolute atomic E-state index is 0.258. The molecule has 2 aromatic heterocycles. The molecule has 0 spiro atoms. The second-order valence-electron chi connectivity index (χ2n) is 5.48. The number of hydrogen-bond donors (Lipinski definition) is 2. The van der Waals surface area contributed by atoms with Crippen LogP contribution >= 0.6 is 34.3 Å². The third-order valence-corrected chi connectivity index (χ3v) is 6.22. The van der Waals surface area contributed by atoms with Crippen LogP contribution in [0.25, 0.3) is 0 Å². The fourth-order valence-electron chi connectivity index (χ4n) is 2.71. The molecule has 0 bridgehead atoms. The first-order chi connectivity index (χ1) is 10.5. The number of thiophene rings is 2. The van der Waals surface area contributed by atoms with E-state index in [1.165, 1.54) is 22.7 Å². The molecule has 1 aliphatic carbocycles. The fraction of sp³-hybridized carbons (Fsp3) is 0.333. The van der Waals surface area contributed by atoms with Gasteiger partial charge in [-0.1, -0.05) is 18.5 Å². The Kier molecular flexibility index (Phi) is 4.25. The molecule has 0 aliphatic heterocycles. The Morgan fingerprint density at radius 1 is 1.36 bits per heavy atom. The third-order valence-electron chi connectivity index (χ3n) is 3.78. The molecule has 1 atom stereocenters. The Morgan fingerprint density at radius 3 is 2.77 bits per heavy atom. The Balaban J connectivity index is 1.93. The number of halogens is 1. The number of aryl methyl sites for hydroxylation is 1. The van der Waals surface area contributed by atoms with Gasteiger partial charge in [0, 0.05) is 4.88 Å². The van der Waals surface area contributed by atoms with Crippen LogP contribution in [0.4, 0.5) is 5.00 Å². The van der Waals surface area contributed by atoms with E-state index in [4.69, 9.17) is 17.3 Å². The molecule has 22 heavy (non-hydrogen) atoms. The second-order valence-corrected chi connectivity index (χ2v) is 8.30. The van der Waals surface area contributed by atoms with Crippen LogP contribution in [0.2, 0.25) is 4.34 Å². The Bertz CT molecular complexity index is 751. The van der Waals surface area contributed by atoms with E-state index in [0.29, 0.717) is 25.7 Å². The standard InChI is InChI=1S/C15H15ClN2O2S2/c1-7-2-3-9-8(6-7)12(13(17)19)15(22-9)18-14(20)10-4-5-11(16)21-10/h4-5,7H,2-3,6H2,1H3,(H2,17,19)(H,18,20)/t7-/m1/s1. The van der Waals surface area contributed by atoms with E-state index in [1.54, 1.807) is 12.1 Å². The van der Waals surface area contributed by atoms with Crippen molar-refractivity contribution in [3.8, 4) is 0 Å². The molecule has 1 aliphatic rings. The van der Waals surface area contributed by atoms with Crippen LogP contribution < -0.4 is 11.1 Å². The molecule has 0 radical (unpaired) electrons. The lowest BCUT2D eigenvalue weighted by molar-refractivity contribution is 0.1000. The lowest BCUT2D eigenvalue weighted by Gasteiger charge is -2.18. The fourth-order valence-corrected chi connectivity index (χ4v) is 4.89. The molecule has 116 valence electrons. The highest BCUT2D eigenvalue weighted by Gasteiger charge is 2.27. The van der Waals surface area contributed by atoms with Crippen LogP contribution in [0.15, 0.2) is 12.1 Å². The van der Waals surface area contributed by atoms with E-state index in [-0.39, 0.29) is 5.91 Å². The summed E-state index contributed by atoms with van der Waals surface area (Å²) in [7, 11) is 0. The number of nitrogens with one attached hydrogen (secondary N) is 1. The van der Waals surface area contributed by atoms with E-state index < -0.39 is 5.91 Å². The van der Waals surface area contributed by atoms with Crippen molar-refractivity contribution in [2.24, 2.45) is 11.7 Å². The van der Waals surface area contributed by atoms with E-state index in [1.807, 2.05) is 0 Å². The predicted molar refractivity (Wildman–Crippen MR) is 91.3 cm³/mol. The predicted octanol–water partition coefficient (Wildman–Crippen LogP) is 3.94. The zero-order valence-corrected chi connectivity index (χ0v) is 14.3. The maximum absolute atomic E-state index is 12.3. The quantitative estimate of drug-likeness (QED) is 0.876. The summed E-state index contributed by atoms with van der Waals surface area (Å²) in [5, 5.41) is 3.38. The maximum atomic E-state index is 12.3. The summed E-state index contributed by atoms with van der Waals surface area (Å²) in [6, 6.07) is 3.35. The summed E-state index contributed by atoms with van der Waals surface area (Å²) in [4.78, 5) is 25.8. The van der Waals surface area contributed by atoms with Crippen molar-refractivity contribution in [1.82, 2.24) is 0 Å². The van der Waals surface area contributed by atoms with Gasteiger partial charge >= 0.3 is 0 Å². The smallest absolute Gasteiger partial charge is 0.266 e. The van der Waals surface area contributed by atoms with Gasteiger partial charge in [-0.2, -0.15) is 0 Å². The van der Waals surface area contributed by atoms with Crippen LogP contribution in [-0.2, 0) is 12.8 Å². The average Bonchev–Trinajstić information content (AvgIpc) is 3.01. The van der Waals surface area contributed by atoms with Crippen molar-refractivity contribution in [1.29, 1.82) is 0 Å². The number of hydrogen-bond acceptors (Lipinski definition) is 4. The van der Waals surface area contributed by atoms with Gasteiger partial charge in [-0.05, 0) is 42.9 Å². The summed E-state index contributed by atoms with van der Waals surface area (Å²) in [6.07, 6.45) is 2.87. The second kappa shape index (κ2) is 6.02. The maximum Gasteiger partial charge on any atom is 0.266 e.